The Morgan fingerprint density at radius 2 is 2.19 bits per heavy atom. The van der Waals surface area contributed by atoms with Crippen molar-refractivity contribution in [1.82, 2.24) is 20.0 Å². The highest BCUT2D eigenvalue weighted by Crippen LogP contribution is 2.29. The number of piperidine rings is 1. The largest absolute Gasteiger partial charge is 0.361 e. The van der Waals surface area contributed by atoms with Crippen LogP contribution in [-0.4, -0.2) is 44.9 Å². The molecule has 8 nitrogen and oxygen atoms in total. The topological polar surface area (TPSA) is 101 Å². The number of thioether (sulfide) groups is 1. The number of nitrogens with one attached hydrogen (secondary N) is 1. The molecule has 1 N–H and O–H groups in total. The van der Waals surface area contributed by atoms with Crippen molar-refractivity contribution in [2.24, 2.45) is 5.92 Å². The van der Waals surface area contributed by atoms with Gasteiger partial charge in [0, 0.05) is 42.2 Å². The van der Waals surface area contributed by atoms with E-state index in [2.05, 4.69) is 20.4 Å². The lowest BCUT2D eigenvalue weighted by Gasteiger charge is -2.32. The molecule has 0 bridgehead atoms. The molecule has 1 aliphatic rings. The molecule has 1 unspecified atom stereocenters. The van der Waals surface area contributed by atoms with Gasteiger partial charge in [-0.25, -0.2) is 9.97 Å². The molecule has 4 heterocycles. The molecule has 1 atom stereocenters. The Balaban J connectivity index is 1.44. The number of carbonyl (C=O) groups is 2. The summed E-state index contributed by atoms with van der Waals surface area (Å²) in [7, 11) is 0. The lowest BCUT2D eigenvalue weighted by molar-refractivity contribution is -0.121. The fraction of sp³-hybridized carbons (Fsp3) is 0.381. The first kappa shape index (κ1) is 21.5. The fourth-order valence-electron chi connectivity index (χ4n) is 3.56. The van der Waals surface area contributed by atoms with Gasteiger partial charge in [0.25, 0.3) is 5.91 Å². The van der Waals surface area contributed by atoms with Crippen LogP contribution in [0.2, 0.25) is 0 Å². The Hall–Kier alpha value is -2.72. The summed E-state index contributed by atoms with van der Waals surface area (Å²) in [6.07, 6.45) is 4.87. The maximum absolute atomic E-state index is 13.3. The molecule has 1 aliphatic heterocycles. The number of aromatic nitrogens is 3. The van der Waals surface area contributed by atoms with E-state index in [1.807, 2.05) is 19.2 Å². The summed E-state index contributed by atoms with van der Waals surface area (Å²) in [6, 6.07) is 3.56. The molecule has 10 heteroatoms. The summed E-state index contributed by atoms with van der Waals surface area (Å²) < 4.78 is 5.23. The molecule has 0 aromatic carbocycles. The molecular formula is C21H23N5O3S2. The molecule has 162 valence electrons. The summed E-state index contributed by atoms with van der Waals surface area (Å²) in [6.45, 7) is 4.80. The van der Waals surface area contributed by atoms with Gasteiger partial charge in [-0.1, -0.05) is 5.16 Å². The lowest BCUT2D eigenvalue weighted by Crippen LogP contribution is -2.44. The molecule has 4 rings (SSSR count). The van der Waals surface area contributed by atoms with E-state index in [1.54, 1.807) is 29.4 Å². The van der Waals surface area contributed by atoms with Gasteiger partial charge in [-0.05, 0) is 38.8 Å². The zero-order chi connectivity index (χ0) is 21.8. The first-order valence-corrected chi connectivity index (χ1v) is 11.9. The predicted molar refractivity (Wildman–Crippen MR) is 119 cm³/mol. The summed E-state index contributed by atoms with van der Waals surface area (Å²) in [5.74, 6) is 0.959. The highest BCUT2D eigenvalue weighted by Gasteiger charge is 2.30. The summed E-state index contributed by atoms with van der Waals surface area (Å²) in [4.78, 5) is 36.2. The van der Waals surface area contributed by atoms with Crippen molar-refractivity contribution in [3.05, 3.63) is 52.5 Å². The molecule has 0 spiro atoms. The second kappa shape index (κ2) is 9.61. The van der Waals surface area contributed by atoms with Crippen LogP contribution in [0, 0.1) is 19.8 Å². The van der Waals surface area contributed by atoms with Crippen molar-refractivity contribution >= 4 is 40.0 Å². The van der Waals surface area contributed by atoms with Crippen molar-refractivity contribution < 1.29 is 14.1 Å². The van der Waals surface area contributed by atoms with Gasteiger partial charge in [-0.3, -0.25) is 9.59 Å². The number of hydrogen-bond acceptors (Lipinski definition) is 8. The van der Waals surface area contributed by atoms with E-state index in [-0.39, 0.29) is 17.7 Å². The van der Waals surface area contributed by atoms with Gasteiger partial charge in [0.05, 0.1) is 17.2 Å². The SMILES string of the molecule is Cc1noc(C)c1CSc1ncccc1C(=O)N1CCCC(C(=O)Nc2nccs2)C1. The Morgan fingerprint density at radius 3 is 2.94 bits per heavy atom. The van der Waals surface area contributed by atoms with Gasteiger partial charge in [0.15, 0.2) is 5.13 Å². The van der Waals surface area contributed by atoms with Crippen LogP contribution in [-0.2, 0) is 10.5 Å². The number of aryl methyl sites for hydroxylation is 2. The van der Waals surface area contributed by atoms with Crippen LogP contribution in [0.5, 0.6) is 0 Å². The second-order valence-corrected chi connectivity index (χ2v) is 9.22. The van der Waals surface area contributed by atoms with Crippen molar-refractivity contribution in [3.8, 4) is 0 Å². The Labute approximate surface area is 188 Å². The summed E-state index contributed by atoms with van der Waals surface area (Å²) in [5.41, 5.74) is 2.42. The highest BCUT2D eigenvalue weighted by atomic mass is 32.2. The molecule has 3 aromatic heterocycles. The van der Waals surface area contributed by atoms with Crippen molar-refractivity contribution in [2.75, 3.05) is 18.4 Å². The van der Waals surface area contributed by atoms with Gasteiger partial charge in [0.1, 0.15) is 10.8 Å². The molecular weight excluding hydrogens is 434 g/mol. The molecule has 0 aliphatic carbocycles. The van der Waals surface area contributed by atoms with E-state index < -0.39 is 0 Å². The van der Waals surface area contributed by atoms with E-state index in [9.17, 15) is 9.59 Å². The third-order valence-electron chi connectivity index (χ3n) is 5.28. The number of rotatable bonds is 6. The van der Waals surface area contributed by atoms with E-state index in [4.69, 9.17) is 4.52 Å². The number of anilines is 1. The number of carbonyl (C=O) groups excluding carboxylic acids is 2. The van der Waals surface area contributed by atoms with E-state index in [0.29, 0.717) is 34.6 Å². The molecule has 2 amide bonds. The lowest BCUT2D eigenvalue weighted by atomic mass is 9.96. The number of amides is 2. The molecule has 0 saturated carbocycles. The number of hydrogen-bond donors (Lipinski definition) is 1. The molecule has 3 aromatic rings. The first-order valence-electron chi connectivity index (χ1n) is 10.0. The maximum atomic E-state index is 13.3. The predicted octanol–water partition coefficient (Wildman–Crippen LogP) is 3.93. The number of nitrogens with zero attached hydrogens (tertiary/aromatic N) is 4. The van der Waals surface area contributed by atoms with Gasteiger partial charge in [-0.2, -0.15) is 0 Å². The van der Waals surface area contributed by atoms with Crippen LogP contribution in [0.15, 0.2) is 39.5 Å². The minimum atomic E-state index is -0.253. The Kier molecular flexibility index (Phi) is 6.67. The van der Waals surface area contributed by atoms with E-state index in [1.165, 1.54) is 23.1 Å². The van der Waals surface area contributed by atoms with Gasteiger partial charge >= 0.3 is 0 Å². The summed E-state index contributed by atoms with van der Waals surface area (Å²) in [5, 5.41) is 9.90. The average Bonchev–Trinajstić information content (AvgIpc) is 3.41. The number of pyridine rings is 1. The Morgan fingerprint density at radius 1 is 1.32 bits per heavy atom. The minimum Gasteiger partial charge on any atom is -0.361 e. The van der Waals surface area contributed by atoms with E-state index in [0.717, 1.165) is 29.9 Å². The standard InChI is InChI=1S/C21H23N5O3S2/c1-13-17(14(2)29-25-13)12-31-19-16(6-3-7-22-19)20(28)26-9-4-5-15(11-26)18(27)24-21-23-8-10-30-21/h3,6-8,10,15H,4-5,9,11-12H2,1-2H3,(H,23,24,27). The second-order valence-electron chi connectivity index (χ2n) is 7.36. The van der Waals surface area contributed by atoms with Crippen molar-refractivity contribution in [2.45, 2.75) is 37.5 Å². The van der Waals surface area contributed by atoms with Gasteiger partial charge in [-0.15, -0.1) is 23.1 Å². The van der Waals surface area contributed by atoms with Crippen molar-refractivity contribution in [3.63, 3.8) is 0 Å². The van der Waals surface area contributed by atoms with Gasteiger partial charge < -0.3 is 14.7 Å². The zero-order valence-corrected chi connectivity index (χ0v) is 19.0. The fourth-order valence-corrected chi connectivity index (χ4v) is 5.23. The van der Waals surface area contributed by atoms with E-state index >= 15 is 0 Å². The third-order valence-corrected chi connectivity index (χ3v) is 7.00. The van der Waals surface area contributed by atoms with Gasteiger partial charge in [0.2, 0.25) is 5.91 Å². The Bertz CT molecular complexity index is 1050. The smallest absolute Gasteiger partial charge is 0.256 e. The maximum Gasteiger partial charge on any atom is 0.256 e. The minimum absolute atomic E-state index is 0.0911. The quantitative estimate of drug-likeness (QED) is 0.560. The normalized spacial score (nSPS) is 16.3. The van der Waals surface area contributed by atoms with Crippen molar-refractivity contribution in [1.29, 1.82) is 0 Å². The highest BCUT2D eigenvalue weighted by molar-refractivity contribution is 7.98. The van der Waals surface area contributed by atoms with Crippen LogP contribution in [0.4, 0.5) is 5.13 Å². The number of likely N-dealkylation sites (tertiary alicyclic amines) is 1. The molecule has 31 heavy (non-hydrogen) atoms. The zero-order valence-electron chi connectivity index (χ0n) is 17.3. The summed E-state index contributed by atoms with van der Waals surface area (Å²) >= 11 is 2.87. The molecule has 0 radical (unpaired) electrons. The van der Waals surface area contributed by atoms with Crippen LogP contribution in [0.3, 0.4) is 0 Å². The first-order chi connectivity index (χ1) is 15.0. The molecule has 1 saturated heterocycles. The molecule has 1 fully saturated rings. The van der Waals surface area contributed by atoms with Crippen LogP contribution >= 0.6 is 23.1 Å². The number of thiazole rings is 1. The monoisotopic (exact) mass is 457 g/mol. The van der Waals surface area contributed by atoms with Crippen LogP contribution in [0.25, 0.3) is 0 Å². The van der Waals surface area contributed by atoms with Crippen LogP contribution in [0.1, 0.15) is 40.2 Å². The average molecular weight is 458 g/mol. The third kappa shape index (κ3) is 4.96. The van der Waals surface area contributed by atoms with Crippen LogP contribution < -0.4 is 5.32 Å².